The first-order valence-corrected chi connectivity index (χ1v) is 8.50. The van der Waals surface area contributed by atoms with Gasteiger partial charge in [-0.2, -0.15) is 0 Å². The molecule has 0 spiro atoms. The normalized spacial score (nSPS) is 28.0. The molecule has 1 N–H and O–H groups in total. The fourth-order valence-corrected chi connectivity index (χ4v) is 3.87. The van der Waals surface area contributed by atoms with Crippen molar-refractivity contribution in [1.29, 1.82) is 0 Å². The monoisotopic (exact) mass is 364 g/mol. The zero-order valence-electron chi connectivity index (χ0n) is 15.9. The van der Waals surface area contributed by atoms with E-state index in [4.69, 9.17) is 9.84 Å². The number of hydrogen-bond acceptors (Lipinski definition) is 5. The summed E-state index contributed by atoms with van der Waals surface area (Å²) in [6.45, 7) is 13.6. The number of carbonyl (C=O) groups excluding carboxylic acids is 2. The first kappa shape index (κ1) is 21.7. The van der Waals surface area contributed by atoms with Gasteiger partial charge in [-0.3, -0.25) is 0 Å². The van der Waals surface area contributed by atoms with Crippen molar-refractivity contribution in [1.82, 2.24) is 0 Å². The van der Waals surface area contributed by atoms with Crippen LogP contribution >= 0.6 is 0 Å². The second-order valence-corrected chi connectivity index (χ2v) is 7.43. The van der Waals surface area contributed by atoms with Crippen molar-refractivity contribution in [2.45, 2.75) is 46.1 Å². The van der Waals surface area contributed by atoms with E-state index in [-0.39, 0.29) is 23.1 Å². The van der Waals surface area contributed by atoms with E-state index < -0.39 is 11.9 Å². The third-order valence-corrected chi connectivity index (χ3v) is 6.01. The van der Waals surface area contributed by atoms with Crippen molar-refractivity contribution in [3.8, 4) is 0 Å². The van der Waals surface area contributed by atoms with Crippen molar-refractivity contribution in [2.75, 3.05) is 7.11 Å². The maximum absolute atomic E-state index is 11.3. The standard InChI is InChI=1S/C13H20O2.C7H8O4/c1-5-11(14)15-10-8-9-6-7-13(10,4)12(9,2)3;1-5(7(10)11-2)3-4-6(8)9/h5,9-10H,1,6-8H2,2-4H3;3-4H,1H2,2H3,(H,8,9). The molecule has 26 heavy (non-hydrogen) atoms. The van der Waals surface area contributed by atoms with Gasteiger partial charge in [-0.25, -0.2) is 14.4 Å². The molecule has 0 aromatic carbocycles. The van der Waals surface area contributed by atoms with Crippen molar-refractivity contribution in [3.63, 3.8) is 0 Å². The van der Waals surface area contributed by atoms with Crippen LogP contribution in [0.1, 0.15) is 40.0 Å². The van der Waals surface area contributed by atoms with Crippen LogP contribution in [0.3, 0.4) is 0 Å². The van der Waals surface area contributed by atoms with Crippen LogP contribution < -0.4 is 0 Å². The molecule has 2 fully saturated rings. The van der Waals surface area contributed by atoms with Gasteiger partial charge >= 0.3 is 17.9 Å². The Balaban J connectivity index is 0.000000276. The lowest BCUT2D eigenvalue weighted by Crippen LogP contribution is -2.38. The molecule has 2 saturated carbocycles. The summed E-state index contributed by atoms with van der Waals surface area (Å²) >= 11 is 0. The average Bonchev–Trinajstić information content (AvgIpc) is 2.92. The number of methoxy groups -OCH3 is 1. The first-order valence-electron chi connectivity index (χ1n) is 8.50. The Labute approximate surface area is 154 Å². The van der Waals surface area contributed by atoms with Crippen molar-refractivity contribution in [2.24, 2.45) is 16.7 Å². The maximum atomic E-state index is 11.3. The lowest BCUT2D eigenvalue weighted by Gasteiger charge is -2.38. The SMILES string of the molecule is C=C(C=CC(=O)O)C(=O)OC.C=CC(=O)OC1CC2CCC1(C)C2(C)C. The van der Waals surface area contributed by atoms with Crippen LogP contribution in [0.4, 0.5) is 0 Å². The lowest BCUT2D eigenvalue weighted by atomic mass is 9.70. The second-order valence-electron chi connectivity index (χ2n) is 7.43. The number of carboxylic acids is 1. The summed E-state index contributed by atoms with van der Waals surface area (Å²) in [6, 6.07) is 0. The molecule has 144 valence electrons. The molecule has 6 heteroatoms. The number of esters is 2. The Morgan fingerprint density at radius 3 is 2.19 bits per heavy atom. The molecule has 3 unspecified atom stereocenters. The van der Waals surface area contributed by atoms with Crippen LogP contribution in [0.5, 0.6) is 0 Å². The van der Waals surface area contributed by atoms with Gasteiger partial charge in [0.1, 0.15) is 6.10 Å². The number of ether oxygens (including phenoxy) is 2. The zero-order chi connectivity index (χ0) is 20.1. The smallest absolute Gasteiger partial charge is 0.337 e. The Hall–Kier alpha value is -2.37. The van der Waals surface area contributed by atoms with E-state index in [0.29, 0.717) is 11.3 Å². The molecule has 2 aliphatic rings. The first-order chi connectivity index (χ1) is 12.0. The minimum absolute atomic E-state index is 0.00917. The predicted molar refractivity (Wildman–Crippen MR) is 97.2 cm³/mol. The Morgan fingerprint density at radius 2 is 1.81 bits per heavy atom. The van der Waals surface area contributed by atoms with Gasteiger partial charge in [0.15, 0.2) is 0 Å². The molecule has 0 radical (unpaired) electrons. The van der Waals surface area contributed by atoms with E-state index in [0.717, 1.165) is 18.6 Å². The van der Waals surface area contributed by atoms with Crippen molar-refractivity contribution < 1.29 is 29.0 Å². The van der Waals surface area contributed by atoms with Crippen molar-refractivity contribution >= 4 is 17.9 Å². The van der Waals surface area contributed by atoms with E-state index >= 15 is 0 Å². The van der Waals surface area contributed by atoms with Crippen LogP contribution in [-0.4, -0.2) is 36.2 Å². The third kappa shape index (κ3) is 4.42. The molecule has 0 amide bonds. The molecule has 2 bridgehead atoms. The number of rotatable bonds is 5. The molecule has 0 aromatic heterocycles. The fraction of sp³-hybridized carbons (Fsp3) is 0.550. The number of aliphatic carboxylic acids is 1. The van der Waals surface area contributed by atoms with Gasteiger partial charge in [-0.05, 0) is 36.7 Å². The minimum Gasteiger partial charge on any atom is -0.478 e. The highest BCUT2D eigenvalue weighted by Gasteiger charge is 2.62. The summed E-state index contributed by atoms with van der Waals surface area (Å²) in [5.74, 6) is -1.33. The summed E-state index contributed by atoms with van der Waals surface area (Å²) < 4.78 is 9.74. The van der Waals surface area contributed by atoms with Crippen LogP contribution in [0.15, 0.2) is 37.0 Å². The highest BCUT2D eigenvalue weighted by Crippen LogP contribution is 2.66. The number of carbonyl (C=O) groups is 3. The fourth-order valence-electron chi connectivity index (χ4n) is 3.87. The van der Waals surface area contributed by atoms with E-state index in [1.165, 1.54) is 26.0 Å². The Morgan fingerprint density at radius 1 is 1.19 bits per heavy atom. The van der Waals surface area contributed by atoms with Crippen LogP contribution in [0.2, 0.25) is 0 Å². The van der Waals surface area contributed by atoms with Crippen LogP contribution in [0, 0.1) is 16.7 Å². The van der Waals surface area contributed by atoms with Gasteiger partial charge in [0.25, 0.3) is 0 Å². The summed E-state index contributed by atoms with van der Waals surface area (Å²) in [7, 11) is 1.20. The zero-order valence-corrected chi connectivity index (χ0v) is 15.9. The molecular weight excluding hydrogens is 336 g/mol. The molecule has 2 rings (SSSR count). The Bertz CT molecular complexity index is 630. The Kier molecular flexibility index (Phi) is 6.95. The summed E-state index contributed by atoms with van der Waals surface area (Å²) in [5.41, 5.74) is 0.477. The highest BCUT2D eigenvalue weighted by molar-refractivity contribution is 5.92. The largest absolute Gasteiger partial charge is 0.478 e. The van der Waals surface area contributed by atoms with E-state index in [2.05, 4.69) is 38.7 Å². The van der Waals surface area contributed by atoms with Gasteiger partial charge in [-0.1, -0.05) is 33.9 Å². The van der Waals surface area contributed by atoms with Gasteiger partial charge in [-0.15, -0.1) is 0 Å². The van der Waals surface area contributed by atoms with Crippen LogP contribution in [-0.2, 0) is 23.9 Å². The molecule has 2 aliphatic carbocycles. The van der Waals surface area contributed by atoms with Crippen LogP contribution in [0.25, 0.3) is 0 Å². The van der Waals surface area contributed by atoms with Gasteiger partial charge in [0.05, 0.1) is 12.7 Å². The summed E-state index contributed by atoms with van der Waals surface area (Å²) in [6.07, 6.45) is 6.75. The molecule has 0 saturated heterocycles. The van der Waals surface area contributed by atoms with Gasteiger partial charge < -0.3 is 14.6 Å². The summed E-state index contributed by atoms with van der Waals surface area (Å²) in [4.78, 5) is 31.8. The van der Waals surface area contributed by atoms with Crippen molar-refractivity contribution in [3.05, 3.63) is 37.0 Å². The quantitative estimate of drug-likeness (QED) is 0.457. The molecular formula is C20H28O6. The molecule has 3 atom stereocenters. The van der Waals surface area contributed by atoms with E-state index in [9.17, 15) is 14.4 Å². The van der Waals surface area contributed by atoms with Gasteiger partial charge in [0.2, 0.25) is 0 Å². The molecule has 0 heterocycles. The maximum Gasteiger partial charge on any atom is 0.337 e. The minimum atomic E-state index is -1.13. The number of hydrogen-bond donors (Lipinski definition) is 1. The third-order valence-electron chi connectivity index (χ3n) is 6.01. The second kappa shape index (κ2) is 8.34. The van der Waals surface area contributed by atoms with Gasteiger partial charge in [0, 0.05) is 17.6 Å². The molecule has 6 nitrogen and oxygen atoms in total. The highest BCUT2D eigenvalue weighted by atomic mass is 16.5. The topological polar surface area (TPSA) is 89.9 Å². The lowest BCUT2D eigenvalue weighted by molar-refractivity contribution is -0.150. The van der Waals surface area contributed by atoms with E-state index in [1.807, 2.05) is 0 Å². The molecule has 0 aromatic rings. The van der Waals surface area contributed by atoms with E-state index in [1.54, 1.807) is 0 Å². The summed E-state index contributed by atoms with van der Waals surface area (Å²) in [5, 5.41) is 8.14. The molecule has 0 aliphatic heterocycles. The number of carboxylic acid groups (broad SMARTS) is 1. The number of fused-ring (bicyclic) bond motifs is 2. The predicted octanol–water partition coefficient (Wildman–Crippen LogP) is 3.29. The average molecular weight is 364 g/mol.